The van der Waals surface area contributed by atoms with E-state index < -0.39 is 0 Å². The Hall–Kier alpha value is -0.120. The molecule has 0 bridgehead atoms. The molecule has 2 fully saturated rings. The smallest absolute Gasteiger partial charge is 0.0645 e. The van der Waals surface area contributed by atoms with Crippen LogP contribution in [0.1, 0.15) is 39.0 Å². The van der Waals surface area contributed by atoms with Gasteiger partial charge in [-0.3, -0.25) is 0 Å². The Morgan fingerprint density at radius 3 is 2.93 bits per heavy atom. The van der Waals surface area contributed by atoms with E-state index >= 15 is 0 Å². The summed E-state index contributed by atoms with van der Waals surface area (Å²) in [6.45, 7) is 5.08. The Bertz CT molecular complexity index is 198. The predicted molar refractivity (Wildman–Crippen MR) is 61.8 cm³/mol. The van der Waals surface area contributed by atoms with Crippen LogP contribution in [-0.4, -0.2) is 31.3 Å². The average Bonchev–Trinajstić information content (AvgIpc) is 3.01. The second-order valence-corrected chi connectivity index (χ2v) is 5.43. The lowest BCUT2D eigenvalue weighted by Crippen LogP contribution is -2.50. The quantitative estimate of drug-likeness (QED) is 0.721. The summed E-state index contributed by atoms with van der Waals surface area (Å²) >= 11 is 0. The second-order valence-electron chi connectivity index (χ2n) is 5.43. The van der Waals surface area contributed by atoms with Gasteiger partial charge in [0.1, 0.15) is 0 Å². The van der Waals surface area contributed by atoms with Crippen molar-refractivity contribution >= 4 is 0 Å². The number of nitrogens with one attached hydrogen (secondary N) is 1. The van der Waals surface area contributed by atoms with E-state index in [1.165, 1.54) is 25.7 Å². The van der Waals surface area contributed by atoms with Crippen molar-refractivity contribution in [1.29, 1.82) is 0 Å². The molecule has 3 nitrogen and oxygen atoms in total. The van der Waals surface area contributed by atoms with Gasteiger partial charge >= 0.3 is 0 Å². The third kappa shape index (κ3) is 3.44. The zero-order valence-electron chi connectivity index (χ0n) is 9.80. The van der Waals surface area contributed by atoms with Crippen LogP contribution in [0.25, 0.3) is 0 Å². The molecule has 88 valence electrons. The summed E-state index contributed by atoms with van der Waals surface area (Å²) in [5.41, 5.74) is 6.26. The molecule has 1 saturated carbocycles. The Morgan fingerprint density at radius 1 is 1.53 bits per heavy atom. The number of nitrogens with two attached hydrogens (primary N) is 1. The first-order chi connectivity index (χ1) is 7.20. The first-order valence-corrected chi connectivity index (χ1v) is 6.28. The summed E-state index contributed by atoms with van der Waals surface area (Å²) in [6, 6.07) is 0.422. The van der Waals surface area contributed by atoms with Gasteiger partial charge in [0, 0.05) is 18.2 Å². The Morgan fingerprint density at radius 2 is 2.33 bits per heavy atom. The van der Waals surface area contributed by atoms with Crippen molar-refractivity contribution in [2.45, 2.75) is 50.6 Å². The molecule has 0 amide bonds. The van der Waals surface area contributed by atoms with Gasteiger partial charge in [-0.1, -0.05) is 0 Å². The molecular formula is C12H24N2O. The van der Waals surface area contributed by atoms with Crippen LogP contribution in [0.2, 0.25) is 0 Å². The zero-order chi connectivity index (χ0) is 10.7. The van der Waals surface area contributed by atoms with Gasteiger partial charge in [-0.2, -0.15) is 0 Å². The molecule has 2 atom stereocenters. The van der Waals surface area contributed by atoms with E-state index in [1.54, 1.807) is 0 Å². The minimum absolute atomic E-state index is 0.196. The van der Waals surface area contributed by atoms with Crippen LogP contribution < -0.4 is 11.1 Å². The molecule has 1 heterocycles. The van der Waals surface area contributed by atoms with E-state index in [9.17, 15) is 0 Å². The van der Waals surface area contributed by atoms with Crippen molar-refractivity contribution in [2.24, 2.45) is 11.7 Å². The summed E-state index contributed by atoms with van der Waals surface area (Å²) in [4.78, 5) is 0. The van der Waals surface area contributed by atoms with E-state index in [1.807, 2.05) is 0 Å². The highest BCUT2D eigenvalue weighted by atomic mass is 16.5. The summed E-state index contributed by atoms with van der Waals surface area (Å²) in [5.74, 6) is 0.821. The lowest BCUT2D eigenvalue weighted by atomic mass is 9.94. The molecule has 3 heteroatoms. The van der Waals surface area contributed by atoms with E-state index in [2.05, 4.69) is 12.2 Å². The van der Waals surface area contributed by atoms with Gasteiger partial charge < -0.3 is 15.8 Å². The summed E-state index contributed by atoms with van der Waals surface area (Å²) < 4.78 is 5.51. The topological polar surface area (TPSA) is 47.3 Å². The van der Waals surface area contributed by atoms with E-state index in [0.717, 1.165) is 32.1 Å². The molecule has 1 aliphatic carbocycles. The van der Waals surface area contributed by atoms with Gasteiger partial charge in [-0.15, -0.1) is 0 Å². The minimum atomic E-state index is 0.196. The van der Waals surface area contributed by atoms with Gasteiger partial charge in [0.15, 0.2) is 0 Å². The van der Waals surface area contributed by atoms with Gasteiger partial charge in [0.05, 0.1) is 6.61 Å². The van der Waals surface area contributed by atoms with Crippen LogP contribution in [0.3, 0.4) is 0 Å². The summed E-state index contributed by atoms with van der Waals surface area (Å²) in [5, 5.41) is 3.61. The van der Waals surface area contributed by atoms with Crippen molar-refractivity contribution in [2.75, 3.05) is 19.8 Å². The molecule has 0 radical (unpaired) electrons. The Kier molecular flexibility index (Phi) is 3.65. The molecule has 3 N–H and O–H groups in total. The molecule has 2 unspecified atom stereocenters. The molecule has 0 aromatic heterocycles. The molecule has 2 aliphatic rings. The molecule has 1 saturated heterocycles. The minimum Gasteiger partial charge on any atom is -0.380 e. The van der Waals surface area contributed by atoms with E-state index in [4.69, 9.17) is 10.5 Å². The normalized spacial score (nSPS) is 34.0. The molecule has 0 spiro atoms. The molecular weight excluding hydrogens is 188 g/mol. The summed E-state index contributed by atoms with van der Waals surface area (Å²) in [6.07, 6.45) is 6.22. The molecule has 1 aliphatic heterocycles. The molecule has 0 aromatic rings. The van der Waals surface area contributed by atoms with Gasteiger partial charge in [0.2, 0.25) is 0 Å². The van der Waals surface area contributed by atoms with Crippen LogP contribution >= 0.6 is 0 Å². The van der Waals surface area contributed by atoms with Crippen LogP contribution in [-0.2, 0) is 4.74 Å². The SMILES string of the molecule is CC1(NCCC(N)C2CC2)CCCOC1. The number of hydrogen-bond donors (Lipinski definition) is 2. The zero-order valence-corrected chi connectivity index (χ0v) is 9.80. The highest BCUT2D eigenvalue weighted by Gasteiger charge is 2.30. The van der Waals surface area contributed by atoms with Crippen molar-refractivity contribution in [3.8, 4) is 0 Å². The van der Waals surface area contributed by atoms with Crippen molar-refractivity contribution in [3.05, 3.63) is 0 Å². The highest BCUT2D eigenvalue weighted by molar-refractivity contribution is 4.88. The van der Waals surface area contributed by atoms with Crippen LogP contribution in [0.5, 0.6) is 0 Å². The predicted octanol–water partition coefficient (Wildman–Crippen LogP) is 1.27. The number of hydrogen-bond acceptors (Lipinski definition) is 3. The Balaban J connectivity index is 1.63. The first kappa shape index (κ1) is 11.4. The lowest BCUT2D eigenvalue weighted by molar-refractivity contribution is 0.0284. The van der Waals surface area contributed by atoms with E-state index in [-0.39, 0.29) is 5.54 Å². The largest absolute Gasteiger partial charge is 0.380 e. The fraction of sp³-hybridized carbons (Fsp3) is 1.00. The van der Waals surface area contributed by atoms with Gasteiger partial charge in [0.25, 0.3) is 0 Å². The average molecular weight is 212 g/mol. The standard InChI is InChI=1S/C12H24N2O/c1-12(6-2-8-15-9-12)14-7-5-11(13)10-3-4-10/h10-11,14H,2-9,13H2,1H3. The summed E-state index contributed by atoms with van der Waals surface area (Å²) in [7, 11) is 0. The van der Waals surface area contributed by atoms with Gasteiger partial charge in [-0.25, -0.2) is 0 Å². The maximum atomic E-state index is 6.07. The lowest BCUT2D eigenvalue weighted by Gasteiger charge is -2.34. The first-order valence-electron chi connectivity index (χ1n) is 6.28. The molecule has 15 heavy (non-hydrogen) atoms. The monoisotopic (exact) mass is 212 g/mol. The van der Waals surface area contributed by atoms with Gasteiger partial charge in [-0.05, 0) is 51.5 Å². The molecule has 0 aromatic carbocycles. The highest BCUT2D eigenvalue weighted by Crippen LogP contribution is 2.32. The van der Waals surface area contributed by atoms with Crippen LogP contribution in [0, 0.1) is 5.92 Å². The van der Waals surface area contributed by atoms with Crippen LogP contribution in [0.4, 0.5) is 0 Å². The van der Waals surface area contributed by atoms with E-state index in [0.29, 0.717) is 6.04 Å². The second kappa shape index (κ2) is 4.81. The number of ether oxygens (including phenoxy) is 1. The van der Waals surface area contributed by atoms with Crippen LogP contribution in [0.15, 0.2) is 0 Å². The fourth-order valence-electron chi connectivity index (χ4n) is 2.37. The third-order valence-corrected chi connectivity index (χ3v) is 3.69. The molecule has 2 rings (SSSR count). The van der Waals surface area contributed by atoms with Crippen molar-refractivity contribution in [1.82, 2.24) is 5.32 Å². The maximum absolute atomic E-state index is 6.07. The Labute approximate surface area is 92.7 Å². The van der Waals surface area contributed by atoms with Crippen molar-refractivity contribution < 1.29 is 4.74 Å². The van der Waals surface area contributed by atoms with Crippen molar-refractivity contribution in [3.63, 3.8) is 0 Å². The third-order valence-electron chi connectivity index (χ3n) is 3.69. The maximum Gasteiger partial charge on any atom is 0.0645 e. The number of rotatable bonds is 5. The fourth-order valence-corrected chi connectivity index (χ4v) is 2.37.